The molecule has 1 aromatic heterocycles. The van der Waals surface area contributed by atoms with Gasteiger partial charge in [0.1, 0.15) is 5.69 Å². The Hall–Kier alpha value is -1.49. The normalized spacial score (nSPS) is 26.3. The molecule has 0 spiro atoms. The third-order valence-electron chi connectivity index (χ3n) is 4.57. The molecular formula is C16H24N4O. The van der Waals surface area contributed by atoms with Crippen molar-refractivity contribution < 1.29 is 4.79 Å². The Labute approximate surface area is 126 Å². The molecule has 1 aliphatic heterocycles. The van der Waals surface area contributed by atoms with Crippen LogP contribution in [0.1, 0.15) is 55.7 Å². The largest absolute Gasteiger partial charge is 0.346 e. The molecule has 5 nitrogen and oxygen atoms in total. The molecule has 0 bridgehead atoms. The third kappa shape index (κ3) is 3.23. The zero-order valence-electron chi connectivity index (χ0n) is 13.0. The Morgan fingerprint density at radius 2 is 2.10 bits per heavy atom. The second-order valence-corrected chi connectivity index (χ2v) is 6.71. The summed E-state index contributed by atoms with van der Waals surface area (Å²) in [6, 6.07) is 0.721. The van der Waals surface area contributed by atoms with Crippen molar-refractivity contribution in [1.29, 1.82) is 0 Å². The standard InChI is InChI=1S/C16H24N4O/c1-10(2)20-8-11(3)15(9-20)19-16(21)14-7-17-6-13(18-14)12-4-5-12/h6-7,10-12,15H,4-5,8-9H2,1-3H3,(H,19,21)/t11-,15+/m1/s1. The van der Waals surface area contributed by atoms with E-state index in [0.29, 0.717) is 23.6 Å². The summed E-state index contributed by atoms with van der Waals surface area (Å²) in [5, 5.41) is 3.13. The summed E-state index contributed by atoms with van der Waals surface area (Å²) in [6.45, 7) is 8.54. The van der Waals surface area contributed by atoms with E-state index in [0.717, 1.165) is 18.8 Å². The Morgan fingerprint density at radius 1 is 1.33 bits per heavy atom. The first-order chi connectivity index (χ1) is 10.0. The number of hydrogen-bond acceptors (Lipinski definition) is 4. The van der Waals surface area contributed by atoms with E-state index in [2.05, 4.69) is 41.0 Å². The van der Waals surface area contributed by atoms with Crippen LogP contribution in [0.3, 0.4) is 0 Å². The van der Waals surface area contributed by atoms with Crippen LogP contribution in [0.5, 0.6) is 0 Å². The van der Waals surface area contributed by atoms with E-state index in [1.807, 2.05) is 0 Å². The topological polar surface area (TPSA) is 58.1 Å². The number of aromatic nitrogens is 2. The molecule has 5 heteroatoms. The molecule has 0 unspecified atom stereocenters. The van der Waals surface area contributed by atoms with E-state index >= 15 is 0 Å². The van der Waals surface area contributed by atoms with E-state index in [-0.39, 0.29) is 11.9 Å². The van der Waals surface area contributed by atoms with Gasteiger partial charge in [-0.2, -0.15) is 0 Å². The molecule has 1 saturated heterocycles. The van der Waals surface area contributed by atoms with Crippen molar-refractivity contribution in [2.75, 3.05) is 13.1 Å². The molecule has 0 aromatic carbocycles. The Morgan fingerprint density at radius 3 is 2.71 bits per heavy atom. The molecule has 2 aliphatic rings. The van der Waals surface area contributed by atoms with Crippen LogP contribution in [0.25, 0.3) is 0 Å². The molecule has 3 rings (SSSR count). The summed E-state index contributed by atoms with van der Waals surface area (Å²) in [4.78, 5) is 23.4. The van der Waals surface area contributed by atoms with Crippen LogP contribution in [0.4, 0.5) is 0 Å². The van der Waals surface area contributed by atoms with Crippen molar-refractivity contribution in [2.45, 2.75) is 51.6 Å². The van der Waals surface area contributed by atoms with Crippen LogP contribution >= 0.6 is 0 Å². The number of nitrogens with zero attached hydrogens (tertiary/aromatic N) is 3. The predicted octanol–water partition coefficient (Wildman–Crippen LogP) is 1.81. The lowest BCUT2D eigenvalue weighted by molar-refractivity contribution is 0.0925. The molecule has 1 N–H and O–H groups in total. The Balaban J connectivity index is 1.64. The van der Waals surface area contributed by atoms with Gasteiger partial charge in [0.05, 0.1) is 11.9 Å². The minimum atomic E-state index is -0.0903. The number of hydrogen-bond donors (Lipinski definition) is 1. The smallest absolute Gasteiger partial charge is 0.271 e. The fourth-order valence-corrected chi connectivity index (χ4v) is 2.92. The number of carbonyl (C=O) groups excluding carboxylic acids is 1. The average Bonchev–Trinajstić information content (AvgIpc) is 3.24. The third-order valence-corrected chi connectivity index (χ3v) is 4.57. The van der Waals surface area contributed by atoms with Gasteiger partial charge in [-0.1, -0.05) is 6.92 Å². The fourth-order valence-electron chi connectivity index (χ4n) is 2.92. The lowest BCUT2D eigenvalue weighted by Gasteiger charge is -2.20. The molecule has 1 aromatic rings. The van der Waals surface area contributed by atoms with E-state index < -0.39 is 0 Å². The highest BCUT2D eigenvalue weighted by atomic mass is 16.2. The number of nitrogens with one attached hydrogen (secondary N) is 1. The molecule has 2 atom stereocenters. The van der Waals surface area contributed by atoms with Gasteiger partial charge < -0.3 is 5.32 Å². The number of amides is 1. The van der Waals surface area contributed by atoms with Crippen molar-refractivity contribution >= 4 is 5.91 Å². The van der Waals surface area contributed by atoms with Crippen LogP contribution in [-0.2, 0) is 0 Å². The molecule has 2 fully saturated rings. The molecule has 114 valence electrons. The van der Waals surface area contributed by atoms with Crippen LogP contribution in [0.2, 0.25) is 0 Å². The highest BCUT2D eigenvalue weighted by molar-refractivity contribution is 5.92. The lowest BCUT2D eigenvalue weighted by atomic mass is 10.1. The Bertz CT molecular complexity index is 527. The maximum absolute atomic E-state index is 12.4. The molecule has 2 heterocycles. The van der Waals surface area contributed by atoms with Gasteiger partial charge in [-0.25, -0.2) is 4.98 Å². The number of carbonyl (C=O) groups is 1. The van der Waals surface area contributed by atoms with Gasteiger partial charge in [-0.15, -0.1) is 0 Å². The van der Waals surface area contributed by atoms with Gasteiger partial charge in [-0.05, 0) is 32.6 Å². The molecule has 21 heavy (non-hydrogen) atoms. The summed E-state index contributed by atoms with van der Waals surface area (Å²) in [5.74, 6) is 0.899. The summed E-state index contributed by atoms with van der Waals surface area (Å²) < 4.78 is 0. The first-order valence-electron chi connectivity index (χ1n) is 7.91. The van der Waals surface area contributed by atoms with E-state index in [1.54, 1.807) is 12.4 Å². The van der Waals surface area contributed by atoms with Crippen LogP contribution in [0.15, 0.2) is 12.4 Å². The molecular weight excluding hydrogens is 264 g/mol. The quantitative estimate of drug-likeness (QED) is 0.918. The second kappa shape index (κ2) is 5.72. The van der Waals surface area contributed by atoms with Crippen molar-refractivity contribution in [3.8, 4) is 0 Å². The van der Waals surface area contributed by atoms with Gasteiger partial charge in [0.25, 0.3) is 5.91 Å². The maximum Gasteiger partial charge on any atom is 0.271 e. The monoisotopic (exact) mass is 288 g/mol. The highest BCUT2D eigenvalue weighted by Gasteiger charge is 2.32. The van der Waals surface area contributed by atoms with E-state index in [9.17, 15) is 4.79 Å². The summed E-state index contributed by atoms with van der Waals surface area (Å²) in [7, 11) is 0. The van der Waals surface area contributed by atoms with Crippen LogP contribution in [0, 0.1) is 5.92 Å². The van der Waals surface area contributed by atoms with Crippen LogP contribution < -0.4 is 5.32 Å². The zero-order valence-corrected chi connectivity index (χ0v) is 13.0. The average molecular weight is 288 g/mol. The minimum Gasteiger partial charge on any atom is -0.346 e. The summed E-state index contributed by atoms with van der Waals surface area (Å²) in [6.07, 6.45) is 5.69. The lowest BCUT2D eigenvalue weighted by Crippen LogP contribution is -2.40. The number of likely N-dealkylation sites (tertiary alicyclic amines) is 1. The van der Waals surface area contributed by atoms with Crippen LogP contribution in [-0.4, -0.2) is 45.9 Å². The maximum atomic E-state index is 12.4. The van der Waals surface area contributed by atoms with Crippen molar-refractivity contribution in [3.05, 3.63) is 23.8 Å². The van der Waals surface area contributed by atoms with Gasteiger partial charge in [0.2, 0.25) is 0 Å². The summed E-state index contributed by atoms with van der Waals surface area (Å²) in [5.41, 5.74) is 1.42. The molecule has 1 saturated carbocycles. The van der Waals surface area contributed by atoms with Gasteiger partial charge in [0.15, 0.2) is 0 Å². The predicted molar refractivity (Wildman–Crippen MR) is 81.1 cm³/mol. The van der Waals surface area contributed by atoms with Gasteiger partial charge in [-0.3, -0.25) is 14.7 Å². The van der Waals surface area contributed by atoms with Gasteiger partial charge in [0, 0.05) is 37.3 Å². The SMILES string of the molecule is CC(C)N1C[C@@H](C)[C@@H](NC(=O)c2cncc(C3CC3)n2)C1. The van der Waals surface area contributed by atoms with Crippen molar-refractivity contribution in [2.24, 2.45) is 5.92 Å². The number of rotatable bonds is 4. The first-order valence-corrected chi connectivity index (χ1v) is 7.91. The van der Waals surface area contributed by atoms with E-state index in [4.69, 9.17) is 0 Å². The molecule has 1 aliphatic carbocycles. The van der Waals surface area contributed by atoms with Crippen molar-refractivity contribution in [1.82, 2.24) is 20.2 Å². The molecule has 0 radical (unpaired) electrons. The zero-order chi connectivity index (χ0) is 15.0. The fraction of sp³-hybridized carbons (Fsp3) is 0.688. The van der Waals surface area contributed by atoms with Gasteiger partial charge >= 0.3 is 0 Å². The Kier molecular flexibility index (Phi) is 3.93. The van der Waals surface area contributed by atoms with E-state index in [1.165, 1.54) is 12.8 Å². The summed E-state index contributed by atoms with van der Waals surface area (Å²) >= 11 is 0. The molecule has 1 amide bonds. The highest BCUT2D eigenvalue weighted by Crippen LogP contribution is 2.38. The second-order valence-electron chi connectivity index (χ2n) is 6.71. The first kappa shape index (κ1) is 14.4. The van der Waals surface area contributed by atoms with Crippen molar-refractivity contribution in [3.63, 3.8) is 0 Å². The minimum absolute atomic E-state index is 0.0903.